The Bertz CT molecular complexity index is 895. The van der Waals surface area contributed by atoms with Gasteiger partial charge in [0.1, 0.15) is 17.3 Å². The largest absolute Gasteiger partial charge is 0.323 e. The van der Waals surface area contributed by atoms with Crippen molar-refractivity contribution in [1.29, 1.82) is 0 Å². The Morgan fingerprint density at radius 2 is 1.77 bits per heavy atom. The van der Waals surface area contributed by atoms with Crippen molar-refractivity contribution in [2.75, 3.05) is 0 Å². The molecule has 26 heavy (non-hydrogen) atoms. The van der Waals surface area contributed by atoms with E-state index in [4.69, 9.17) is 5.73 Å². The van der Waals surface area contributed by atoms with Gasteiger partial charge in [-0.25, -0.2) is 13.5 Å². The van der Waals surface area contributed by atoms with Gasteiger partial charge in [-0.15, -0.1) is 0 Å². The van der Waals surface area contributed by atoms with E-state index in [2.05, 4.69) is 5.10 Å². The van der Waals surface area contributed by atoms with Crippen LogP contribution < -0.4 is 5.73 Å². The van der Waals surface area contributed by atoms with E-state index in [9.17, 15) is 8.78 Å². The maximum absolute atomic E-state index is 14.2. The molecule has 0 aliphatic rings. The summed E-state index contributed by atoms with van der Waals surface area (Å²) in [6, 6.07) is 12.9. The third kappa shape index (κ3) is 3.83. The third-order valence-corrected chi connectivity index (χ3v) is 4.46. The van der Waals surface area contributed by atoms with Crippen molar-refractivity contribution in [3.8, 4) is 5.69 Å². The summed E-state index contributed by atoms with van der Waals surface area (Å²) in [5, 5.41) is 4.54. The molecular weight excluding hydrogens is 332 g/mol. The lowest BCUT2D eigenvalue weighted by Gasteiger charge is -2.27. The predicted molar refractivity (Wildman–Crippen MR) is 99.1 cm³/mol. The Morgan fingerprint density at radius 1 is 1.08 bits per heavy atom. The van der Waals surface area contributed by atoms with Crippen LogP contribution in [0.2, 0.25) is 0 Å². The smallest absolute Gasteiger partial charge is 0.149 e. The molecule has 0 radical (unpaired) electrons. The lowest BCUT2D eigenvalue weighted by Crippen LogP contribution is -2.26. The molecule has 2 N–H and O–H groups in total. The van der Waals surface area contributed by atoms with Crippen LogP contribution in [0.4, 0.5) is 8.78 Å². The summed E-state index contributed by atoms with van der Waals surface area (Å²) in [6.07, 6.45) is 2.29. The second-order valence-electron chi connectivity index (χ2n) is 7.58. The Balaban J connectivity index is 2.09. The minimum absolute atomic E-state index is 0.0756. The summed E-state index contributed by atoms with van der Waals surface area (Å²) in [5.41, 5.74) is 9.03. The summed E-state index contributed by atoms with van der Waals surface area (Å²) in [5.74, 6) is -1.04. The van der Waals surface area contributed by atoms with Gasteiger partial charge in [-0.3, -0.25) is 0 Å². The molecule has 2 aromatic carbocycles. The van der Waals surface area contributed by atoms with Crippen molar-refractivity contribution < 1.29 is 8.78 Å². The fraction of sp³-hybridized carbons (Fsp3) is 0.286. The fourth-order valence-electron chi connectivity index (χ4n) is 2.86. The van der Waals surface area contributed by atoms with Crippen LogP contribution in [0, 0.1) is 17.0 Å². The van der Waals surface area contributed by atoms with Crippen LogP contribution in [-0.2, 0) is 6.42 Å². The number of hydrogen-bond acceptors (Lipinski definition) is 2. The van der Waals surface area contributed by atoms with Gasteiger partial charge in [0.25, 0.3) is 0 Å². The monoisotopic (exact) mass is 355 g/mol. The average Bonchev–Trinajstić information content (AvgIpc) is 2.99. The molecule has 1 unspecified atom stereocenters. The summed E-state index contributed by atoms with van der Waals surface area (Å²) >= 11 is 0. The Kier molecular flexibility index (Phi) is 4.92. The zero-order valence-electron chi connectivity index (χ0n) is 15.2. The molecule has 1 aromatic heterocycles. The molecule has 0 amide bonds. The van der Waals surface area contributed by atoms with E-state index >= 15 is 0 Å². The lowest BCUT2D eigenvalue weighted by molar-refractivity contribution is 0.325. The second kappa shape index (κ2) is 7.00. The van der Waals surface area contributed by atoms with Crippen LogP contribution in [0.5, 0.6) is 0 Å². The van der Waals surface area contributed by atoms with Crippen molar-refractivity contribution in [2.24, 2.45) is 11.1 Å². The van der Waals surface area contributed by atoms with Gasteiger partial charge >= 0.3 is 0 Å². The molecule has 0 saturated heterocycles. The van der Waals surface area contributed by atoms with Crippen LogP contribution in [0.15, 0.2) is 54.7 Å². The number of halogens is 2. The molecule has 5 heteroatoms. The van der Waals surface area contributed by atoms with Crippen LogP contribution in [0.25, 0.3) is 5.69 Å². The van der Waals surface area contributed by atoms with Crippen LogP contribution in [-0.4, -0.2) is 9.78 Å². The number of benzene rings is 2. The van der Waals surface area contributed by atoms with Gasteiger partial charge in [0.15, 0.2) is 0 Å². The number of nitrogens with two attached hydrogens (primary N) is 1. The molecule has 3 aromatic rings. The Morgan fingerprint density at radius 3 is 2.42 bits per heavy atom. The molecular formula is C21H23F2N3. The predicted octanol–water partition coefficient (Wildman–Crippen LogP) is 4.79. The fourth-order valence-corrected chi connectivity index (χ4v) is 2.86. The maximum Gasteiger partial charge on any atom is 0.149 e. The molecule has 0 spiro atoms. The van der Waals surface area contributed by atoms with Crippen molar-refractivity contribution in [3.63, 3.8) is 0 Å². The molecule has 1 heterocycles. The van der Waals surface area contributed by atoms with E-state index in [0.29, 0.717) is 6.42 Å². The van der Waals surface area contributed by atoms with E-state index in [1.165, 1.54) is 4.68 Å². The number of aromatic nitrogens is 2. The minimum atomic E-state index is -0.531. The van der Waals surface area contributed by atoms with Gasteiger partial charge in [0.05, 0.1) is 5.69 Å². The highest BCUT2D eigenvalue weighted by atomic mass is 19.1. The number of nitrogens with zero attached hydrogens (tertiary/aromatic N) is 2. The molecule has 3 nitrogen and oxygen atoms in total. The van der Waals surface area contributed by atoms with Gasteiger partial charge in [-0.05, 0) is 23.1 Å². The summed E-state index contributed by atoms with van der Waals surface area (Å²) < 4.78 is 29.2. The second-order valence-corrected chi connectivity index (χ2v) is 7.58. The first-order valence-electron chi connectivity index (χ1n) is 8.59. The van der Waals surface area contributed by atoms with Gasteiger partial charge in [0, 0.05) is 30.3 Å². The molecule has 1 atom stereocenters. The van der Waals surface area contributed by atoms with E-state index in [1.54, 1.807) is 6.20 Å². The quantitative estimate of drug-likeness (QED) is 0.731. The summed E-state index contributed by atoms with van der Waals surface area (Å²) in [7, 11) is 0. The van der Waals surface area contributed by atoms with E-state index in [1.807, 2.05) is 51.1 Å². The first kappa shape index (κ1) is 18.3. The van der Waals surface area contributed by atoms with Crippen molar-refractivity contribution in [2.45, 2.75) is 33.2 Å². The first-order chi connectivity index (χ1) is 12.3. The van der Waals surface area contributed by atoms with Gasteiger partial charge in [-0.1, -0.05) is 51.1 Å². The van der Waals surface area contributed by atoms with E-state index < -0.39 is 11.6 Å². The van der Waals surface area contributed by atoms with E-state index in [-0.39, 0.29) is 17.1 Å². The van der Waals surface area contributed by atoms with Gasteiger partial charge in [-0.2, -0.15) is 5.10 Å². The van der Waals surface area contributed by atoms with Crippen molar-refractivity contribution >= 4 is 0 Å². The molecule has 0 aliphatic heterocycles. The number of rotatable bonds is 4. The van der Waals surface area contributed by atoms with Crippen LogP contribution >= 0.6 is 0 Å². The topological polar surface area (TPSA) is 43.8 Å². The molecule has 3 rings (SSSR count). The summed E-state index contributed by atoms with van der Waals surface area (Å²) in [6.45, 7) is 6.14. The average molecular weight is 355 g/mol. The Hall–Kier alpha value is -2.53. The van der Waals surface area contributed by atoms with E-state index in [0.717, 1.165) is 35.0 Å². The van der Waals surface area contributed by atoms with Crippen molar-refractivity contribution in [1.82, 2.24) is 9.78 Å². The molecule has 0 fully saturated rings. The molecule has 136 valence electrons. The minimum Gasteiger partial charge on any atom is -0.323 e. The highest BCUT2D eigenvalue weighted by Gasteiger charge is 2.27. The van der Waals surface area contributed by atoms with Crippen molar-refractivity contribution in [3.05, 3.63) is 83.2 Å². The lowest BCUT2D eigenvalue weighted by atomic mass is 9.82. The normalized spacial score (nSPS) is 13.0. The first-order valence-corrected chi connectivity index (χ1v) is 8.59. The number of hydrogen-bond donors (Lipinski definition) is 1. The Labute approximate surface area is 152 Å². The maximum atomic E-state index is 14.2. The van der Waals surface area contributed by atoms with Crippen LogP contribution in [0.1, 0.15) is 43.6 Å². The third-order valence-electron chi connectivity index (χ3n) is 4.46. The van der Waals surface area contributed by atoms with Gasteiger partial charge in [0.2, 0.25) is 0 Å². The molecule has 0 bridgehead atoms. The summed E-state index contributed by atoms with van der Waals surface area (Å²) in [4.78, 5) is 0. The highest BCUT2D eigenvalue weighted by molar-refractivity contribution is 5.37. The standard InChI is InChI=1S/C21H23F2N3/c1-21(2,3)20(24)16-13-26(19-12-15(22)9-10-17(19)23)25-18(16)11-14-7-5-4-6-8-14/h4-10,12-13,20H,11,24H2,1-3H3. The highest BCUT2D eigenvalue weighted by Crippen LogP contribution is 2.33. The molecule has 0 saturated carbocycles. The van der Waals surface area contributed by atoms with Gasteiger partial charge < -0.3 is 5.73 Å². The molecule has 0 aliphatic carbocycles. The van der Waals surface area contributed by atoms with Crippen LogP contribution in [0.3, 0.4) is 0 Å². The zero-order chi connectivity index (χ0) is 18.9. The zero-order valence-corrected chi connectivity index (χ0v) is 15.2. The SMILES string of the molecule is CC(C)(C)C(N)c1cn(-c2cc(F)ccc2F)nc1Cc1ccccc1.